The van der Waals surface area contributed by atoms with Gasteiger partial charge in [0.15, 0.2) is 0 Å². The highest BCUT2D eigenvalue weighted by atomic mass is 19.1. The molecule has 2 atom stereocenters. The summed E-state index contributed by atoms with van der Waals surface area (Å²) in [5, 5.41) is 0. The molecule has 4 nitrogen and oxygen atoms in total. The van der Waals surface area contributed by atoms with Crippen molar-refractivity contribution in [3.63, 3.8) is 0 Å². The van der Waals surface area contributed by atoms with Crippen molar-refractivity contribution in [2.75, 3.05) is 4.90 Å². The van der Waals surface area contributed by atoms with E-state index >= 15 is 0 Å². The number of carbonyl (C=O) groups excluding carboxylic acids is 1. The molecule has 2 heterocycles. The molecular weight excluding hydrogens is 295 g/mol. The summed E-state index contributed by atoms with van der Waals surface area (Å²) in [7, 11) is 0. The first kappa shape index (κ1) is 14.2. The molecule has 1 aromatic heterocycles. The molecule has 118 valence electrons. The van der Waals surface area contributed by atoms with Crippen LogP contribution in [0, 0.1) is 5.82 Å². The molecule has 23 heavy (non-hydrogen) atoms. The number of anilines is 1. The number of benzene rings is 1. The Hall–Kier alpha value is -2.43. The van der Waals surface area contributed by atoms with Crippen molar-refractivity contribution in [3.05, 3.63) is 64.2 Å². The van der Waals surface area contributed by atoms with E-state index in [2.05, 4.69) is 0 Å². The van der Waals surface area contributed by atoms with Crippen LogP contribution in [-0.4, -0.2) is 16.5 Å². The minimum absolute atomic E-state index is 0.0106. The van der Waals surface area contributed by atoms with Crippen molar-refractivity contribution in [1.82, 2.24) is 4.57 Å². The summed E-state index contributed by atoms with van der Waals surface area (Å²) in [5.41, 5.74) is 0.384. The van der Waals surface area contributed by atoms with E-state index in [4.69, 9.17) is 0 Å². The van der Waals surface area contributed by atoms with Gasteiger partial charge in [0.2, 0.25) is 0 Å². The van der Waals surface area contributed by atoms with E-state index in [1.165, 1.54) is 24.3 Å². The van der Waals surface area contributed by atoms with Crippen LogP contribution in [0.15, 0.2) is 47.3 Å². The van der Waals surface area contributed by atoms with E-state index in [1.807, 2.05) is 6.07 Å². The average Bonchev–Trinajstić information content (AvgIpc) is 2.90. The average molecular weight is 312 g/mol. The third-order valence-electron chi connectivity index (χ3n) is 4.88. The van der Waals surface area contributed by atoms with Gasteiger partial charge in [-0.3, -0.25) is 19.1 Å². The second-order valence-electron chi connectivity index (χ2n) is 6.19. The lowest BCUT2D eigenvalue weighted by molar-refractivity contribution is 0.0971. The van der Waals surface area contributed by atoms with Crippen molar-refractivity contribution in [2.45, 2.75) is 37.8 Å². The Kier molecular flexibility index (Phi) is 3.29. The second-order valence-corrected chi connectivity index (χ2v) is 6.19. The van der Waals surface area contributed by atoms with Gasteiger partial charge >= 0.3 is 0 Å². The Morgan fingerprint density at radius 1 is 1.00 bits per heavy atom. The van der Waals surface area contributed by atoms with Crippen LogP contribution >= 0.6 is 0 Å². The van der Waals surface area contributed by atoms with E-state index in [-0.39, 0.29) is 29.4 Å². The summed E-state index contributed by atoms with van der Waals surface area (Å²) in [6, 6.07) is 10.7. The van der Waals surface area contributed by atoms with Gasteiger partial charge in [-0.2, -0.15) is 0 Å². The molecule has 0 radical (unpaired) electrons. The van der Waals surface area contributed by atoms with Gasteiger partial charge in [-0.1, -0.05) is 18.9 Å². The molecule has 5 heteroatoms. The molecule has 0 saturated heterocycles. The van der Waals surface area contributed by atoms with E-state index in [0.717, 1.165) is 25.7 Å². The predicted octanol–water partition coefficient (Wildman–Crippen LogP) is 3.13. The van der Waals surface area contributed by atoms with Crippen molar-refractivity contribution in [2.24, 2.45) is 0 Å². The van der Waals surface area contributed by atoms with Crippen LogP contribution in [0.1, 0.15) is 42.1 Å². The SMILES string of the molecule is O=C(c1ccc(F)cc1)N1c2cccc(=O)n2[C@H]2CCCC[C@H]21. The van der Waals surface area contributed by atoms with Gasteiger partial charge in [0, 0.05) is 11.6 Å². The van der Waals surface area contributed by atoms with Gasteiger partial charge in [0.25, 0.3) is 11.5 Å². The standard InChI is InChI=1S/C18H17FN2O2/c19-13-10-8-12(9-11-13)18(23)21-15-5-2-1-4-14(15)20-16(21)6-3-7-17(20)22/h3,6-11,14-15H,1-2,4-5H2/t14-,15+/m0/s1. The van der Waals surface area contributed by atoms with E-state index in [9.17, 15) is 14.0 Å². The summed E-state index contributed by atoms with van der Waals surface area (Å²) in [6.07, 6.45) is 3.92. The van der Waals surface area contributed by atoms with Crippen molar-refractivity contribution in [3.8, 4) is 0 Å². The normalized spacial score (nSPS) is 22.6. The summed E-state index contributed by atoms with van der Waals surface area (Å²) in [5.74, 6) is 0.123. The van der Waals surface area contributed by atoms with E-state index in [0.29, 0.717) is 11.4 Å². The van der Waals surface area contributed by atoms with E-state index in [1.54, 1.807) is 21.6 Å². The smallest absolute Gasteiger partial charge is 0.259 e. The Bertz CT molecular complexity index is 813. The lowest BCUT2D eigenvalue weighted by atomic mass is 9.90. The lowest BCUT2D eigenvalue weighted by Crippen LogP contribution is -2.40. The Morgan fingerprint density at radius 2 is 1.70 bits per heavy atom. The van der Waals surface area contributed by atoms with Crippen LogP contribution in [0.2, 0.25) is 0 Å². The third kappa shape index (κ3) is 2.19. The number of nitrogens with zero attached hydrogens (tertiary/aromatic N) is 2. The molecule has 0 N–H and O–H groups in total. The maximum atomic E-state index is 13.1. The summed E-state index contributed by atoms with van der Waals surface area (Å²) >= 11 is 0. The number of fused-ring (bicyclic) bond motifs is 3. The minimum atomic E-state index is -0.366. The number of carbonyl (C=O) groups is 1. The molecule has 2 aromatic rings. The van der Waals surface area contributed by atoms with Gasteiger partial charge in [0.05, 0.1) is 12.1 Å². The minimum Gasteiger partial charge on any atom is -0.289 e. The van der Waals surface area contributed by atoms with Crippen molar-refractivity contribution in [1.29, 1.82) is 0 Å². The first-order valence-corrected chi connectivity index (χ1v) is 7.97. The highest BCUT2D eigenvalue weighted by molar-refractivity contribution is 6.06. The van der Waals surface area contributed by atoms with Crippen LogP contribution < -0.4 is 10.5 Å². The number of amides is 1. The first-order chi connectivity index (χ1) is 11.2. The molecule has 1 aliphatic carbocycles. The molecule has 0 bridgehead atoms. The molecule has 1 saturated carbocycles. The highest BCUT2D eigenvalue weighted by Gasteiger charge is 2.43. The largest absolute Gasteiger partial charge is 0.289 e. The van der Waals surface area contributed by atoms with E-state index < -0.39 is 0 Å². The first-order valence-electron chi connectivity index (χ1n) is 7.97. The maximum Gasteiger partial charge on any atom is 0.259 e. The van der Waals surface area contributed by atoms with Gasteiger partial charge in [0.1, 0.15) is 11.6 Å². The fraction of sp³-hybridized carbons (Fsp3) is 0.333. The molecule has 1 fully saturated rings. The van der Waals surface area contributed by atoms with Crippen molar-refractivity contribution < 1.29 is 9.18 Å². The molecule has 2 aliphatic rings. The van der Waals surface area contributed by atoms with Gasteiger partial charge < -0.3 is 0 Å². The van der Waals surface area contributed by atoms with Gasteiger partial charge in [-0.05, 0) is 43.2 Å². The fourth-order valence-electron chi connectivity index (χ4n) is 3.87. The zero-order valence-electron chi connectivity index (χ0n) is 12.6. The molecular formula is C18H17FN2O2. The topological polar surface area (TPSA) is 42.3 Å². The predicted molar refractivity (Wildman–Crippen MR) is 85.2 cm³/mol. The van der Waals surface area contributed by atoms with Crippen molar-refractivity contribution >= 4 is 11.7 Å². The zero-order valence-corrected chi connectivity index (χ0v) is 12.6. The monoisotopic (exact) mass is 312 g/mol. The van der Waals surface area contributed by atoms with Crippen LogP contribution in [0.5, 0.6) is 0 Å². The number of rotatable bonds is 1. The molecule has 1 amide bonds. The summed E-state index contributed by atoms with van der Waals surface area (Å²) in [4.78, 5) is 27.0. The molecule has 0 unspecified atom stereocenters. The Balaban J connectivity index is 1.81. The van der Waals surface area contributed by atoms with Gasteiger partial charge in [-0.15, -0.1) is 0 Å². The van der Waals surface area contributed by atoms with Crippen LogP contribution in [-0.2, 0) is 0 Å². The lowest BCUT2D eigenvalue weighted by Gasteiger charge is -2.30. The van der Waals surface area contributed by atoms with Crippen LogP contribution in [0.4, 0.5) is 10.2 Å². The maximum absolute atomic E-state index is 13.1. The fourth-order valence-corrected chi connectivity index (χ4v) is 3.87. The van der Waals surface area contributed by atoms with Gasteiger partial charge in [-0.25, -0.2) is 4.39 Å². The Morgan fingerprint density at radius 3 is 2.43 bits per heavy atom. The summed E-state index contributed by atoms with van der Waals surface area (Å²) < 4.78 is 14.9. The molecule has 4 rings (SSSR count). The molecule has 1 aromatic carbocycles. The third-order valence-corrected chi connectivity index (χ3v) is 4.88. The summed E-state index contributed by atoms with van der Waals surface area (Å²) in [6.45, 7) is 0. The number of pyridine rings is 1. The number of hydrogen-bond acceptors (Lipinski definition) is 2. The Labute approximate surface area is 133 Å². The molecule has 0 spiro atoms. The van der Waals surface area contributed by atoms with Crippen LogP contribution in [0.25, 0.3) is 0 Å². The second kappa shape index (κ2) is 5.33. The zero-order chi connectivity index (χ0) is 16.0. The van der Waals surface area contributed by atoms with Crippen LogP contribution in [0.3, 0.4) is 0 Å². The quantitative estimate of drug-likeness (QED) is 0.812. The molecule has 1 aliphatic heterocycles. The number of hydrogen-bond donors (Lipinski definition) is 0. The highest BCUT2D eigenvalue weighted by Crippen LogP contribution is 2.41. The number of halogens is 1. The number of aromatic nitrogens is 1.